The summed E-state index contributed by atoms with van der Waals surface area (Å²) in [5, 5.41) is 9.92. The van der Waals surface area contributed by atoms with Crippen LogP contribution in [0.3, 0.4) is 0 Å². The fourth-order valence-corrected chi connectivity index (χ4v) is 4.42. The number of H-pyrrole nitrogens is 1. The van der Waals surface area contributed by atoms with Crippen molar-refractivity contribution in [2.24, 2.45) is 5.41 Å². The Balaban J connectivity index is 2.11. The van der Waals surface area contributed by atoms with Crippen molar-refractivity contribution in [2.75, 3.05) is 6.54 Å². The third-order valence-corrected chi connectivity index (χ3v) is 5.73. The average molecular weight is 314 g/mol. The molecule has 1 atom stereocenters. The summed E-state index contributed by atoms with van der Waals surface area (Å²) >= 11 is 0. The molecule has 1 aromatic heterocycles. The van der Waals surface area contributed by atoms with Crippen LogP contribution in [0.15, 0.2) is 11.2 Å². The zero-order valence-electron chi connectivity index (χ0n) is 13.1. The van der Waals surface area contributed by atoms with Crippen molar-refractivity contribution < 1.29 is 8.42 Å². The van der Waals surface area contributed by atoms with Crippen LogP contribution in [-0.2, 0) is 16.6 Å². The molecule has 0 radical (unpaired) electrons. The zero-order chi connectivity index (χ0) is 15.5. The van der Waals surface area contributed by atoms with E-state index in [9.17, 15) is 8.42 Å². The predicted octanol–water partition coefficient (Wildman–Crippen LogP) is 1.77. The molecule has 1 saturated carbocycles. The first-order valence-electron chi connectivity index (χ1n) is 7.62. The van der Waals surface area contributed by atoms with Gasteiger partial charge in [0, 0.05) is 18.2 Å². The summed E-state index contributed by atoms with van der Waals surface area (Å²) in [5.41, 5.74) is 0.694. The largest absolute Gasteiger partial charge is 0.313 e. The Morgan fingerprint density at radius 2 is 2.24 bits per heavy atom. The molecule has 0 amide bonds. The molecule has 0 aromatic carbocycles. The summed E-state index contributed by atoms with van der Waals surface area (Å²) < 4.78 is 28.0. The van der Waals surface area contributed by atoms with Gasteiger partial charge >= 0.3 is 0 Å². The van der Waals surface area contributed by atoms with Crippen molar-refractivity contribution in [3.05, 3.63) is 11.8 Å². The molecular formula is C14H26N4O2S. The smallest absolute Gasteiger partial charge is 0.258 e. The quantitative estimate of drug-likeness (QED) is 0.669. The number of nitrogens with one attached hydrogen (secondary N) is 3. The Kier molecular flexibility index (Phi) is 5.06. The molecule has 1 aliphatic carbocycles. The minimum Gasteiger partial charge on any atom is -0.313 e. The molecule has 7 heteroatoms. The third-order valence-electron chi connectivity index (χ3n) is 4.24. The minimum atomic E-state index is -3.55. The van der Waals surface area contributed by atoms with Gasteiger partial charge in [0.1, 0.15) is 0 Å². The molecule has 6 nitrogen and oxygen atoms in total. The molecule has 1 aromatic rings. The summed E-state index contributed by atoms with van der Waals surface area (Å²) in [6.45, 7) is 7.67. The highest BCUT2D eigenvalue weighted by molar-refractivity contribution is 7.89. The van der Waals surface area contributed by atoms with Crippen molar-refractivity contribution in [2.45, 2.75) is 64.1 Å². The van der Waals surface area contributed by atoms with Gasteiger partial charge in [-0.05, 0) is 31.2 Å². The lowest BCUT2D eigenvalue weighted by atomic mass is 9.88. The number of hydrogen-bond acceptors (Lipinski definition) is 4. The molecule has 1 aliphatic rings. The molecule has 120 valence electrons. The van der Waals surface area contributed by atoms with E-state index < -0.39 is 10.0 Å². The fourth-order valence-electron chi connectivity index (χ4n) is 2.85. The van der Waals surface area contributed by atoms with Gasteiger partial charge < -0.3 is 5.32 Å². The van der Waals surface area contributed by atoms with Gasteiger partial charge in [0.2, 0.25) is 0 Å². The fraction of sp³-hybridized carbons (Fsp3) is 0.786. The van der Waals surface area contributed by atoms with E-state index in [1.54, 1.807) is 6.20 Å². The number of aromatic nitrogens is 2. The highest BCUT2D eigenvalue weighted by atomic mass is 32.2. The summed E-state index contributed by atoms with van der Waals surface area (Å²) in [5.74, 6) is 0. The Labute approximate surface area is 127 Å². The van der Waals surface area contributed by atoms with Gasteiger partial charge in [0.25, 0.3) is 10.0 Å². The van der Waals surface area contributed by atoms with E-state index in [4.69, 9.17) is 0 Å². The maximum absolute atomic E-state index is 12.6. The number of aromatic amines is 1. The maximum atomic E-state index is 12.6. The third kappa shape index (κ3) is 3.84. The molecule has 0 aliphatic heterocycles. The lowest BCUT2D eigenvalue weighted by Gasteiger charge is -2.27. The van der Waals surface area contributed by atoms with Crippen molar-refractivity contribution in [3.63, 3.8) is 0 Å². The van der Waals surface area contributed by atoms with E-state index in [-0.39, 0.29) is 16.5 Å². The standard InChI is InChI=1S/C14H26N4O2S/c1-4-8-15-9-11-10-16-17-13(11)21(19,20)18-12-6-5-7-14(12,2)3/h10,12,15,18H,4-9H2,1-3H3,(H,16,17). The molecular weight excluding hydrogens is 288 g/mol. The minimum absolute atomic E-state index is 0.00765. The van der Waals surface area contributed by atoms with Crippen molar-refractivity contribution in [3.8, 4) is 0 Å². The van der Waals surface area contributed by atoms with Gasteiger partial charge in [-0.25, -0.2) is 13.1 Å². The van der Waals surface area contributed by atoms with Gasteiger partial charge in [0.05, 0.1) is 6.20 Å². The monoisotopic (exact) mass is 314 g/mol. The van der Waals surface area contributed by atoms with E-state index in [0.717, 1.165) is 32.2 Å². The topological polar surface area (TPSA) is 86.9 Å². The number of rotatable bonds is 7. The van der Waals surface area contributed by atoms with Crippen LogP contribution in [0.5, 0.6) is 0 Å². The van der Waals surface area contributed by atoms with Crippen molar-refractivity contribution in [1.29, 1.82) is 0 Å². The summed E-state index contributed by atoms with van der Waals surface area (Å²) in [6, 6.07) is -0.0118. The first kappa shape index (κ1) is 16.5. The normalized spacial score (nSPS) is 21.8. The van der Waals surface area contributed by atoms with Crippen LogP contribution in [0, 0.1) is 5.41 Å². The van der Waals surface area contributed by atoms with Crippen LogP contribution in [0.25, 0.3) is 0 Å². The highest BCUT2D eigenvalue weighted by Crippen LogP contribution is 2.37. The van der Waals surface area contributed by atoms with Crippen LogP contribution in [-0.4, -0.2) is 31.2 Å². The van der Waals surface area contributed by atoms with E-state index in [2.05, 4.69) is 41.0 Å². The van der Waals surface area contributed by atoms with Gasteiger partial charge in [-0.15, -0.1) is 0 Å². The lowest BCUT2D eigenvalue weighted by Crippen LogP contribution is -2.41. The first-order chi connectivity index (χ1) is 9.87. The summed E-state index contributed by atoms with van der Waals surface area (Å²) in [7, 11) is -3.55. The number of sulfonamides is 1. The van der Waals surface area contributed by atoms with Gasteiger partial charge in [-0.2, -0.15) is 5.10 Å². The van der Waals surface area contributed by atoms with E-state index >= 15 is 0 Å². The van der Waals surface area contributed by atoms with Gasteiger partial charge in [-0.1, -0.05) is 27.2 Å². The van der Waals surface area contributed by atoms with Gasteiger partial charge in [-0.3, -0.25) is 5.10 Å². The SMILES string of the molecule is CCCNCc1cn[nH]c1S(=O)(=O)NC1CCCC1(C)C. The lowest BCUT2D eigenvalue weighted by molar-refractivity contribution is 0.312. The number of nitrogens with zero attached hydrogens (tertiary/aromatic N) is 1. The van der Waals surface area contributed by atoms with E-state index in [0.29, 0.717) is 12.1 Å². The van der Waals surface area contributed by atoms with Crippen LogP contribution in [0.1, 0.15) is 52.0 Å². The maximum Gasteiger partial charge on any atom is 0.258 e. The van der Waals surface area contributed by atoms with E-state index in [1.807, 2.05) is 0 Å². The Bertz CT molecular complexity index is 565. The van der Waals surface area contributed by atoms with Crippen LogP contribution >= 0.6 is 0 Å². The Morgan fingerprint density at radius 3 is 2.86 bits per heavy atom. The molecule has 0 bridgehead atoms. The molecule has 21 heavy (non-hydrogen) atoms. The summed E-state index contributed by atoms with van der Waals surface area (Å²) in [6.07, 6.45) is 5.59. The molecule has 1 unspecified atom stereocenters. The molecule has 0 spiro atoms. The van der Waals surface area contributed by atoms with Gasteiger partial charge in [0.15, 0.2) is 5.03 Å². The zero-order valence-corrected chi connectivity index (χ0v) is 13.9. The van der Waals surface area contributed by atoms with Crippen LogP contribution in [0.2, 0.25) is 0 Å². The van der Waals surface area contributed by atoms with Crippen LogP contribution < -0.4 is 10.0 Å². The predicted molar refractivity (Wildman–Crippen MR) is 82.3 cm³/mol. The second-order valence-electron chi connectivity index (χ2n) is 6.46. The molecule has 1 heterocycles. The second-order valence-corrected chi connectivity index (χ2v) is 8.11. The first-order valence-corrected chi connectivity index (χ1v) is 9.10. The second kappa shape index (κ2) is 6.46. The molecule has 2 rings (SSSR count). The van der Waals surface area contributed by atoms with Crippen molar-refractivity contribution in [1.82, 2.24) is 20.2 Å². The summed E-state index contributed by atoms with van der Waals surface area (Å²) in [4.78, 5) is 0. The Morgan fingerprint density at radius 1 is 1.48 bits per heavy atom. The van der Waals surface area contributed by atoms with E-state index in [1.165, 1.54) is 0 Å². The highest BCUT2D eigenvalue weighted by Gasteiger charge is 2.38. The Hall–Kier alpha value is -0.920. The number of hydrogen-bond donors (Lipinski definition) is 3. The molecule has 0 saturated heterocycles. The average Bonchev–Trinajstić information content (AvgIpc) is 2.98. The molecule has 3 N–H and O–H groups in total. The van der Waals surface area contributed by atoms with Crippen molar-refractivity contribution >= 4 is 10.0 Å². The van der Waals surface area contributed by atoms with Crippen LogP contribution in [0.4, 0.5) is 0 Å². The molecule has 1 fully saturated rings.